The van der Waals surface area contributed by atoms with Gasteiger partial charge < -0.3 is 20.3 Å². The number of amides is 2. The lowest BCUT2D eigenvalue weighted by Gasteiger charge is -2.14. The minimum absolute atomic E-state index is 0.0894. The molecule has 122 valence electrons. The van der Waals surface area contributed by atoms with Gasteiger partial charge in [-0.3, -0.25) is 9.59 Å². The Kier molecular flexibility index (Phi) is 5.48. The van der Waals surface area contributed by atoms with E-state index in [-0.39, 0.29) is 12.3 Å². The molecule has 3 N–H and O–H groups in total. The van der Waals surface area contributed by atoms with Crippen LogP contribution in [0.2, 0.25) is 0 Å². The van der Waals surface area contributed by atoms with E-state index in [9.17, 15) is 14.0 Å². The van der Waals surface area contributed by atoms with Crippen LogP contribution in [0.1, 0.15) is 13.3 Å². The highest BCUT2D eigenvalue weighted by molar-refractivity contribution is 6.39. The molecule has 0 unspecified atom stereocenters. The maximum atomic E-state index is 13.8. The van der Waals surface area contributed by atoms with Crippen molar-refractivity contribution < 1.29 is 19.1 Å². The van der Waals surface area contributed by atoms with Gasteiger partial charge >= 0.3 is 11.8 Å². The van der Waals surface area contributed by atoms with E-state index < -0.39 is 23.7 Å². The summed E-state index contributed by atoms with van der Waals surface area (Å²) in [4.78, 5) is 23.6. The fourth-order valence-corrected chi connectivity index (χ4v) is 1.98. The van der Waals surface area contributed by atoms with Crippen LogP contribution in [0.5, 0.6) is 0 Å². The lowest BCUT2D eigenvalue weighted by atomic mass is 10.2. The van der Waals surface area contributed by atoms with Gasteiger partial charge in [-0.05, 0) is 36.8 Å². The van der Waals surface area contributed by atoms with E-state index >= 15 is 0 Å². The van der Waals surface area contributed by atoms with Crippen LogP contribution < -0.4 is 10.6 Å². The summed E-state index contributed by atoms with van der Waals surface area (Å²) < 4.78 is 15.6. The number of anilines is 1. The van der Waals surface area contributed by atoms with E-state index in [4.69, 9.17) is 5.11 Å². The number of halogens is 1. The molecule has 2 aromatic rings. The SMILES string of the molecule is CC[C@H](CO)NC(=O)C(=O)Nc1cc(-n2cccc2)ccc1F. The first-order chi connectivity index (χ1) is 11.0. The first-order valence-corrected chi connectivity index (χ1v) is 7.20. The van der Waals surface area contributed by atoms with E-state index in [0.29, 0.717) is 12.1 Å². The second kappa shape index (κ2) is 7.55. The summed E-state index contributed by atoms with van der Waals surface area (Å²) in [5.41, 5.74) is 0.558. The number of hydrogen-bond donors (Lipinski definition) is 3. The Bertz CT molecular complexity index is 682. The van der Waals surface area contributed by atoms with Crippen molar-refractivity contribution in [2.75, 3.05) is 11.9 Å². The lowest BCUT2D eigenvalue weighted by molar-refractivity contribution is -0.136. The molecule has 0 spiro atoms. The van der Waals surface area contributed by atoms with Crippen LogP contribution in [0.15, 0.2) is 42.7 Å². The van der Waals surface area contributed by atoms with E-state index in [1.807, 2.05) is 12.1 Å². The Morgan fingerprint density at radius 2 is 1.96 bits per heavy atom. The summed E-state index contributed by atoms with van der Waals surface area (Å²) in [6.45, 7) is 1.49. The van der Waals surface area contributed by atoms with Gasteiger partial charge in [0.25, 0.3) is 0 Å². The van der Waals surface area contributed by atoms with E-state index in [0.717, 1.165) is 0 Å². The molecule has 2 amide bonds. The minimum Gasteiger partial charge on any atom is -0.394 e. The van der Waals surface area contributed by atoms with Gasteiger partial charge in [0.2, 0.25) is 0 Å². The summed E-state index contributed by atoms with van der Waals surface area (Å²) in [6, 6.07) is 7.33. The van der Waals surface area contributed by atoms with Crippen LogP contribution in [0.3, 0.4) is 0 Å². The van der Waals surface area contributed by atoms with E-state index in [1.54, 1.807) is 30.0 Å². The van der Waals surface area contributed by atoms with Gasteiger partial charge in [0, 0.05) is 18.1 Å². The maximum absolute atomic E-state index is 13.8. The van der Waals surface area contributed by atoms with Gasteiger partial charge in [0.15, 0.2) is 0 Å². The molecule has 6 nitrogen and oxygen atoms in total. The smallest absolute Gasteiger partial charge is 0.313 e. The first-order valence-electron chi connectivity index (χ1n) is 7.20. The Labute approximate surface area is 132 Å². The van der Waals surface area contributed by atoms with Gasteiger partial charge in [-0.2, -0.15) is 0 Å². The molecule has 0 aliphatic carbocycles. The monoisotopic (exact) mass is 319 g/mol. The minimum atomic E-state index is -0.986. The standard InChI is InChI=1S/C16H18FN3O3/c1-2-11(10-21)18-15(22)16(23)19-14-9-12(5-6-13(14)17)20-7-3-4-8-20/h3-9,11,21H,2,10H2,1H3,(H,18,22)(H,19,23)/t11-/m1/s1. The zero-order valence-corrected chi connectivity index (χ0v) is 12.6. The van der Waals surface area contributed by atoms with Crippen LogP contribution in [-0.2, 0) is 9.59 Å². The van der Waals surface area contributed by atoms with Crippen molar-refractivity contribution in [2.45, 2.75) is 19.4 Å². The summed E-state index contributed by atoms with van der Waals surface area (Å²) in [5.74, 6) is -2.55. The fourth-order valence-electron chi connectivity index (χ4n) is 1.98. The van der Waals surface area contributed by atoms with Gasteiger partial charge in [-0.25, -0.2) is 4.39 Å². The fraction of sp³-hybridized carbons (Fsp3) is 0.250. The van der Waals surface area contributed by atoms with Crippen molar-refractivity contribution in [1.29, 1.82) is 0 Å². The molecule has 0 saturated heterocycles. The van der Waals surface area contributed by atoms with Gasteiger partial charge in [-0.15, -0.1) is 0 Å². The predicted octanol–water partition coefficient (Wildman–Crippen LogP) is 1.44. The van der Waals surface area contributed by atoms with Crippen molar-refractivity contribution in [3.05, 3.63) is 48.5 Å². The molecule has 7 heteroatoms. The molecule has 0 radical (unpaired) electrons. The Morgan fingerprint density at radius 3 is 2.57 bits per heavy atom. The highest BCUT2D eigenvalue weighted by Crippen LogP contribution is 2.19. The van der Waals surface area contributed by atoms with Crippen molar-refractivity contribution >= 4 is 17.5 Å². The molecule has 2 rings (SSSR count). The van der Waals surface area contributed by atoms with Gasteiger partial charge in [0.1, 0.15) is 5.82 Å². The van der Waals surface area contributed by atoms with Crippen molar-refractivity contribution in [3.8, 4) is 5.69 Å². The molecule has 1 atom stereocenters. The third-order valence-corrected chi connectivity index (χ3v) is 3.36. The average Bonchev–Trinajstić information content (AvgIpc) is 3.08. The number of carbonyl (C=O) groups excluding carboxylic acids is 2. The van der Waals surface area contributed by atoms with Crippen LogP contribution >= 0.6 is 0 Å². The van der Waals surface area contributed by atoms with Crippen LogP contribution in [0, 0.1) is 5.82 Å². The van der Waals surface area contributed by atoms with Gasteiger partial charge in [-0.1, -0.05) is 6.92 Å². The molecule has 1 aromatic heterocycles. The van der Waals surface area contributed by atoms with Gasteiger partial charge in [0.05, 0.1) is 18.3 Å². The van der Waals surface area contributed by atoms with Crippen molar-refractivity contribution in [1.82, 2.24) is 9.88 Å². The van der Waals surface area contributed by atoms with Crippen molar-refractivity contribution in [3.63, 3.8) is 0 Å². The van der Waals surface area contributed by atoms with E-state index in [2.05, 4.69) is 10.6 Å². The molecule has 0 saturated carbocycles. The number of carbonyl (C=O) groups is 2. The Morgan fingerprint density at radius 1 is 1.26 bits per heavy atom. The Hall–Kier alpha value is -2.67. The number of nitrogens with zero attached hydrogens (tertiary/aromatic N) is 1. The third-order valence-electron chi connectivity index (χ3n) is 3.36. The maximum Gasteiger partial charge on any atom is 0.313 e. The molecular weight excluding hydrogens is 301 g/mol. The van der Waals surface area contributed by atoms with Crippen LogP contribution in [0.25, 0.3) is 5.69 Å². The highest BCUT2D eigenvalue weighted by atomic mass is 19.1. The van der Waals surface area contributed by atoms with Crippen LogP contribution in [-0.4, -0.2) is 34.1 Å². The second-order valence-corrected chi connectivity index (χ2v) is 4.97. The molecule has 0 fully saturated rings. The number of rotatable bonds is 5. The van der Waals surface area contributed by atoms with E-state index in [1.165, 1.54) is 12.1 Å². The molecule has 0 aliphatic rings. The summed E-state index contributed by atoms with van der Waals surface area (Å²) >= 11 is 0. The zero-order chi connectivity index (χ0) is 16.8. The quantitative estimate of drug-likeness (QED) is 0.729. The number of aliphatic hydroxyl groups is 1. The largest absolute Gasteiger partial charge is 0.394 e. The van der Waals surface area contributed by atoms with Crippen molar-refractivity contribution in [2.24, 2.45) is 0 Å². The molecule has 23 heavy (non-hydrogen) atoms. The second-order valence-electron chi connectivity index (χ2n) is 4.97. The number of hydrogen-bond acceptors (Lipinski definition) is 3. The number of aromatic nitrogens is 1. The topological polar surface area (TPSA) is 83.4 Å². The molecule has 0 aliphatic heterocycles. The molecule has 1 heterocycles. The summed E-state index contributed by atoms with van der Waals surface area (Å²) in [7, 11) is 0. The number of nitrogens with one attached hydrogen (secondary N) is 2. The highest BCUT2D eigenvalue weighted by Gasteiger charge is 2.18. The molecule has 0 bridgehead atoms. The molecular formula is C16H18FN3O3. The number of aliphatic hydroxyl groups excluding tert-OH is 1. The predicted molar refractivity (Wildman–Crippen MR) is 83.7 cm³/mol. The normalized spacial score (nSPS) is 11.8. The molecule has 1 aromatic carbocycles. The third kappa shape index (κ3) is 4.17. The summed E-state index contributed by atoms with van der Waals surface area (Å²) in [5, 5.41) is 13.6. The lowest BCUT2D eigenvalue weighted by Crippen LogP contribution is -2.43. The average molecular weight is 319 g/mol. The first kappa shape index (κ1) is 16.7. The Balaban J connectivity index is 2.11. The number of benzene rings is 1. The zero-order valence-electron chi connectivity index (χ0n) is 12.6. The van der Waals surface area contributed by atoms with Crippen LogP contribution in [0.4, 0.5) is 10.1 Å². The summed E-state index contributed by atoms with van der Waals surface area (Å²) in [6.07, 6.45) is 4.03.